The third kappa shape index (κ3) is 4.60. The molecule has 0 fully saturated rings. The van der Waals surface area contributed by atoms with E-state index in [0.717, 1.165) is 0 Å². The maximum atomic E-state index is 11.3. The van der Waals surface area contributed by atoms with Gasteiger partial charge in [-0.3, -0.25) is 9.59 Å². The number of imidazole rings is 1. The van der Waals surface area contributed by atoms with Crippen LogP contribution in [0, 0.1) is 10.1 Å². The highest BCUT2D eigenvalue weighted by atomic mass is 16.6. The van der Waals surface area contributed by atoms with Crippen LogP contribution in [0.2, 0.25) is 0 Å². The molecule has 0 atom stereocenters. The number of aliphatic carboxylic acids is 1. The number of carbonyl (C=O) groups is 2. The van der Waals surface area contributed by atoms with Crippen molar-refractivity contribution in [2.24, 2.45) is 0 Å². The lowest BCUT2D eigenvalue weighted by molar-refractivity contribution is -0.389. The number of aromatic nitrogens is 2. The molecule has 98 valence electrons. The van der Waals surface area contributed by atoms with Crippen LogP contribution in [0.3, 0.4) is 0 Å². The van der Waals surface area contributed by atoms with Gasteiger partial charge >= 0.3 is 11.8 Å². The lowest BCUT2D eigenvalue weighted by Gasteiger charge is -2.03. The average Bonchev–Trinajstić information content (AvgIpc) is 2.74. The first-order valence-corrected chi connectivity index (χ1v) is 5.13. The molecule has 1 aromatic rings. The van der Waals surface area contributed by atoms with Crippen molar-refractivity contribution in [3.05, 3.63) is 22.6 Å². The zero-order valence-electron chi connectivity index (χ0n) is 9.40. The maximum Gasteiger partial charge on any atom is 0.381 e. The lowest BCUT2D eigenvalue weighted by Crippen LogP contribution is -2.26. The van der Waals surface area contributed by atoms with Crippen molar-refractivity contribution in [2.75, 3.05) is 6.54 Å². The van der Waals surface area contributed by atoms with Gasteiger partial charge in [0.05, 0.1) is 6.42 Å². The van der Waals surface area contributed by atoms with Gasteiger partial charge < -0.3 is 25.1 Å². The Morgan fingerprint density at radius 3 is 2.78 bits per heavy atom. The molecule has 1 aromatic heterocycles. The molecule has 0 aliphatic carbocycles. The van der Waals surface area contributed by atoms with Crippen LogP contribution in [-0.4, -0.2) is 38.0 Å². The largest absolute Gasteiger partial charge is 0.481 e. The number of hydrogen-bond donors (Lipinski definition) is 2. The molecule has 0 radical (unpaired) electrons. The first-order chi connectivity index (χ1) is 8.49. The number of carboxylic acids is 1. The summed E-state index contributed by atoms with van der Waals surface area (Å²) in [6.45, 7) is 0.317. The fourth-order valence-corrected chi connectivity index (χ4v) is 1.19. The van der Waals surface area contributed by atoms with E-state index < -0.39 is 10.9 Å². The van der Waals surface area contributed by atoms with Crippen LogP contribution in [0.5, 0.6) is 0 Å². The predicted molar refractivity (Wildman–Crippen MR) is 58.8 cm³/mol. The van der Waals surface area contributed by atoms with E-state index in [1.54, 1.807) is 0 Å². The number of amides is 1. The van der Waals surface area contributed by atoms with Gasteiger partial charge in [0.2, 0.25) is 12.2 Å². The highest BCUT2D eigenvalue weighted by molar-refractivity contribution is 5.76. The standard InChI is InChI=1S/C9H12N4O5/c14-8(10-3-1-9(15)16)2-4-12-5-7(11-6-12)13(17)18/h5-6H,1-4H2,(H,10,14)(H,15,16). The summed E-state index contributed by atoms with van der Waals surface area (Å²) < 4.78 is 1.43. The predicted octanol–water partition coefficient (Wildman–Crippen LogP) is -0.228. The number of hydrogen-bond acceptors (Lipinski definition) is 5. The van der Waals surface area contributed by atoms with E-state index in [1.165, 1.54) is 17.1 Å². The summed E-state index contributed by atoms with van der Waals surface area (Å²) in [6.07, 6.45) is 2.46. The Morgan fingerprint density at radius 1 is 1.50 bits per heavy atom. The average molecular weight is 256 g/mol. The van der Waals surface area contributed by atoms with Crippen LogP contribution in [0.4, 0.5) is 5.82 Å². The van der Waals surface area contributed by atoms with E-state index in [1.807, 2.05) is 0 Å². The highest BCUT2D eigenvalue weighted by Gasteiger charge is 2.10. The number of nitrogens with one attached hydrogen (secondary N) is 1. The van der Waals surface area contributed by atoms with E-state index >= 15 is 0 Å². The lowest BCUT2D eigenvalue weighted by atomic mass is 10.3. The molecule has 2 N–H and O–H groups in total. The van der Waals surface area contributed by atoms with Crippen LogP contribution in [0.1, 0.15) is 12.8 Å². The minimum Gasteiger partial charge on any atom is -0.481 e. The second-order valence-corrected chi connectivity index (χ2v) is 3.47. The number of rotatable bonds is 7. The number of nitro groups is 1. The molecule has 9 heteroatoms. The van der Waals surface area contributed by atoms with E-state index in [2.05, 4.69) is 10.3 Å². The Labute approximate surface area is 102 Å². The molecule has 18 heavy (non-hydrogen) atoms. The summed E-state index contributed by atoms with van der Waals surface area (Å²) in [5.41, 5.74) is 0. The van der Waals surface area contributed by atoms with Crippen LogP contribution < -0.4 is 5.32 Å². The summed E-state index contributed by atoms with van der Waals surface area (Å²) in [6, 6.07) is 0. The zero-order chi connectivity index (χ0) is 13.5. The van der Waals surface area contributed by atoms with Gasteiger partial charge in [0, 0.05) is 19.5 Å². The summed E-state index contributed by atoms with van der Waals surface area (Å²) in [5.74, 6) is -1.57. The van der Waals surface area contributed by atoms with Crippen LogP contribution in [0.25, 0.3) is 0 Å². The van der Waals surface area contributed by atoms with Gasteiger partial charge in [-0.25, -0.2) is 0 Å². The second kappa shape index (κ2) is 6.33. The normalized spacial score (nSPS) is 10.0. The van der Waals surface area contributed by atoms with Crippen LogP contribution in [-0.2, 0) is 16.1 Å². The van der Waals surface area contributed by atoms with E-state index in [0.29, 0.717) is 0 Å². The van der Waals surface area contributed by atoms with Crippen LogP contribution >= 0.6 is 0 Å². The summed E-state index contributed by atoms with van der Waals surface area (Å²) >= 11 is 0. The molecule has 0 aliphatic heterocycles. The zero-order valence-corrected chi connectivity index (χ0v) is 9.40. The monoisotopic (exact) mass is 256 g/mol. The number of carbonyl (C=O) groups excluding carboxylic acids is 1. The topological polar surface area (TPSA) is 127 Å². The fraction of sp³-hybridized carbons (Fsp3) is 0.444. The van der Waals surface area contributed by atoms with Gasteiger partial charge in [-0.05, 0) is 9.91 Å². The third-order valence-corrected chi connectivity index (χ3v) is 2.06. The molecule has 1 heterocycles. The molecule has 1 rings (SSSR count). The van der Waals surface area contributed by atoms with Gasteiger partial charge in [0.25, 0.3) is 0 Å². The second-order valence-electron chi connectivity index (χ2n) is 3.47. The quantitative estimate of drug-likeness (QED) is 0.512. The van der Waals surface area contributed by atoms with Crippen molar-refractivity contribution in [2.45, 2.75) is 19.4 Å². The molecule has 0 saturated heterocycles. The van der Waals surface area contributed by atoms with Crippen molar-refractivity contribution >= 4 is 17.7 Å². The molecule has 0 aliphatic rings. The maximum absolute atomic E-state index is 11.3. The van der Waals surface area contributed by atoms with Crippen molar-refractivity contribution in [3.8, 4) is 0 Å². The van der Waals surface area contributed by atoms with E-state index in [-0.39, 0.29) is 37.7 Å². The van der Waals surface area contributed by atoms with Gasteiger partial charge in [0.15, 0.2) is 0 Å². The van der Waals surface area contributed by atoms with Crippen molar-refractivity contribution in [3.63, 3.8) is 0 Å². The van der Waals surface area contributed by atoms with Crippen LogP contribution in [0.15, 0.2) is 12.5 Å². The molecule has 0 spiro atoms. The molecule has 0 bridgehead atoms. The Balaban J connectivity index is 2.29. The minimum atomic E-state index is -0.986. The van der Waals surface area contributed by atoms with E-state index in [9.17, 15) is 19.7 Å². The molecule has 1 amide bonds. The summed E-state index contributed by atoms with van der Waals surface area (Å²) in [5, 5.41) is 21.1. The number of aryl methyl sites for hydroxylation is 1. The molecular weight excluding hydrogens is 244 g/mol. The first kappa shape index (κ1) is 13.6. The van der Waals surface area contributed by atoms with Gasteiger partial charge in [-0.15, -0.1) is 0 Å². The van der Waals surface area contributed by atoms with Crippen molar-refractivity contribution in [1.82, 2.24) is 14.9 Å². The number of nitrogens with zero attached hydrogens (tertiary/aromatic N) is 3. The summed E-state index contributed by atoms with van der Waals surface area (Å²) in [4.78, 5) is 34.7. The van der Waals surface area contributed by atoms with E-state index in [4.69, 9.17) is 5.11 Å². The molecular formula is C9H12N4O5. The fourth-order valence-electron chi connectivity index (χ4n) is 1.19. The Kier molecular flexibility index (Phi) is 4.78. The van der Waals surface area contributed by atoms with Gasteiger partial charge in [-0.2, -0.15) is 0 Å². The minimum absolute atomic E-state index is 0.0677. The van der Waals surface area contributed by atoms with Crippen molar-refractivity contribution in [1.29, 1.82) is 0 Å². The first-order valence-electron chi connectivity index (χ1n) is 5.13. The molecule has 0 unspecified atom stereocenters. The molecule has 0 aromatic carbocycles. The number of carboxylic acid groups (broad SMARTS) is 1. The smallest absolute Gasteiger partial charge is 0.381 e. The molecule has 0 saturated carbocycles. The SMILES string of the molecule is O=C(O)CCNC(=O)CCn1cnc([N+](=O)[O-])c1. The molecule has 9 nitrogen and oxygen atoms in total. The van der Waals surface area contributed by atoms with Gasteiger partial charge in [0.1, 0.15) is 6.20 Å². The summed E-state index contributed by atoms with van der Waals surface area (Å²) in [7, 11) is 0. The highest BCUT2D eigenvalue weighted by Crippen LogP contribution is 2.05. The Hall–Kier alpha value is -2.45. The Bertz CT molecular complexity index is 456. The third-order valence-electron chi connectivity index (χ3n) is 2.06. The van der Waals surface area contributed by atoms with Crippen molar-refractivity contribution < 1.29 is 19.6 Å². The van der Waals surface area contributed by atoms with Gasteiger partial charge in [-0.1, -0.05) is 0 Å². The Morgan fingerprint density at radius 2 is 2.22 bits per heavy atom.